The van der Waals surface area contributed by atoms with Crippen molar-refractivity contribution in [1.29, 1.82) is 0 Å². The molecule has 3 heteroatoms. The van der Waals surface area contributed by atoms with Crippen LogP contribution in [0.4, 0.5) is 0 Å². The largest absolute Gasteiger partial charge is 0.457 e. The number of rotatable bonds is 6. The Kier molecular flexibility index (Phi) is 5.52. The van der Waals surface area contributed by atoms with Gasteiger partial charge in [-0.25, -0.2) is 0 Å². The van der Waals surface area contributed by atoms with Crippen LogP contribution in [-0.4, -0.2) is 0 Å². The molecule has 1 atom stereocenters. The smallest absolute Gasteiger partial charge is 0.127 e. The average Bonchev–Trinajstić information content (AvgIpc) is 2.62. The molecule has 3 aromatic carbocycles. The number of hydrogen-bond donors (Lipinski definition) is 1. The van der Waals surface area contributed by atoms with Crippen molar-refractivity contribution in [2.24, 2.45) is 0 Å². The first-order chi connectivity index (χ1) is 11.7. The molecule has 24 heavy (non-hydrogen) atoms. The lowest BCUT2D eigenvalue weighted by molar-refractivity contribution is 0.482. The van der Waals surface area contributed by atoms with Crippen molar-refractivity contribution in [2.75, 3.05) is 0 Å². The molecule has 0 aromatic heterocycles. The molecular weight excluding hydrogens is 318 g/mol. The van der Waals surface area contributed by atoms with Gasteiger partial charge in [-0.2, -0.15) is 0 Å². The van der Waals surface area contributed by atoms with E-state index in [4.69, 9.17) is 16.3 Å². The van der Waals surface area contributed by atoms with Crippen LogP contribution < -0.4 is 10.1 Å². The third-order valence-electron chi connectivity index (χ3n) is 3.89. The summed E-state index contributed by atoms with van der Waals surface area (Å²) in [6.07, 6.45) is 0. The van der Waals surface area contributed by atoms with Gasteiger partial charge in [0.1, 0.15) is 11.5 Å². The maximum atomic E-state index is 6.24. The zero-order valence-corrected chi connectivity index (χ0v) is 14.3. The van der Waals surface area contributed by atoms with Crippen LogP contribution in [0.1, 0.15) is 24.1 Å². The van der Waals surface area contributed by atoms with Crippen LogP contribution in [0.3, 0.4) is 0 Å². The Bertz CT molecular complexity index is 771. The van der Waals surface area contributed by atoms with Crippen LogP contribution in [0.15, 0.2) is 78.9 Å². The second kappa shape index (κ2) is 8.00. The molecule has 3 rings (SSSR count). The maximum Gasteiger partial charge on any atom is 0.127 e. The minimum absolute atomic E-state index is 0.193. The summed E-state index contributed by atoms with van der Waals surface area (Å²) >= 11 is 6.24. The van der Waals surface area contributed by atoms with Crippen molar-refractivity contribution in [3.8, 4) is 11.5 Å². The monoisotopic (exact) mass is 337 g/mol. The maximum absolute atomic E-state index is 6.24. The Hall–Kier alpha value is -2.29. The third-order valence-corrected chi connectivity index (χ3v) is 4.23. The average molecular weight is 338 g/mol. The summed E-state index contributed by atoms with van der Waals surface area (Å²) in [5, 5.41) is 4.30. The number of benzene rings is 3. The highest BCUT2D eigenvalue weighted by atomic mass is 35.5. The minimum Gasteiger partial charge on any atom is -0.457 e. The highest BCUT2D eigenvalue weighted by Crippen LogP contribution is 2.23. The second-order valence-corrected chi connectivity index (χ2v) is 6.09. The summed E-state index contributed by atoms with van der Waals surface area (Å²) in [6, 6.07) is 26.0. The van der Waals surface area contributed by atoms with Crippen molar-refractivity contribution >= 4 is 11.6 Å². The molecule has 0 saturated heterocycles. The van der Waals surface area contributed by atoms with Gasteiger partial charge in [0.15, 0.2) is 0 Å². The van der Waals surface area contributed by atoms with Crippen LogP contribution in [0.25, 0.3) is 0 Å². The lowest BCUT2D eigenvalue weighted by Gasteiger charge is -2.16. The molecule has 0 fully saturated rings. The predicted molar refractivity (Wildman–Crippen MR) is 99.7 cm³/mol. The molecule has 0 heterocycles. The number of ether oxygens (including phenoxy) is 1. The topological polar surface area (TPSA) is 21.3 Å². The van der Waals surface area contributed by atoms with E-state index in [1.807, 2.05) is 60.7 Å². The summed E-state index contributed by atoms with van der Waals surface area (Å²) in [5.74, 6) is 1.68. The first-order valence-electron chi connectivity index (χ1n) is 8.02. The predicted octanol–water partition coefficient (Wildman–Crippen LogP) is 5.98. The molecule has 0 aliphatic rings. The number of para-hydroxylation sites is 1. The Balaban J connectivity index is 1.57. The van der Waals surface area contributed by atoms with Gasteiger partial charge in [-0.1, -0.05) is 60.1 Å². The van der Waals surface area contributed by atoms with E-state index in [0.717, 1.165) is 28.6 Å². The van der Waals surface area contributed by atoms with Crippen molar-refractivity contribution in [3.63, 3.8) is 0 Å². The van der Waals surface area contributed by atoms with E-state index in [2.05, 4.69) is 30.4 Å². The van der Waals surface area contributed by atoms with E-state index < -0.39 is 0 Å². The van der Waals surface area contributed by atoms with Crippen LogP contribution in [0.2, 0.25) is 5.02 Å². The SMILES string of the molecule is CC(NCc1ccc(Oc2ccccc2)cc1)c1ccccc1Cl. The Morgan fingerprint density at radius 1 is 0.833 bits per heavy atom. The first-order valence-corrected chi connectivity index (χ1v) is 8.40. The third kappa shape index (κ3) is 4.38. The van der Waals surface area contributed by atoms with Gasteiger partial charge in [-0.05, 0) is 48.4 Å². The molecule has 0 aliphatic carbocycles. The zero-order valence-electron chi connectivity index (χ0n) is 13.6. The van der Waals surface area contributed by atoms with Crippen molar-refractivity contribution in [3.05, 3.63) is 95.0 Å². The minimum atomic E-state index is 0.193. The molecule has 0 radical (unpaired) electrons. The lowest BCUT2D eigenvalue weighted by atomic mass is 10.1. The van der Waals surface area contributed by atoms with Gasteiger partial charge >= 0.3 is 0 Å². The fraction of sp³-hybridized carbons (Fsp3) is 0.143. The van der Waals surface area contributed by atoms with Gasteiger partial charge in [-0.15, -0.1) is 0 Å². The molecule has 1 N–H and O–H groups in total. The Morgan fingerprint density at radius 3 is 2.17 bits per heavy atom. The molecule has 0 saturated carbocycles. The van der Waals surface area contributed by atoms with Crippen molar-refractivity contribution in [2.45, 2.75) is 19.5 Å². The van der Waals surface area contributed by atoms with Crippen molar-refractivity contribution in [1.82, 2.24) is 5.32 Å². The molecule has 2 nitrogen and oxygen atoms in total. The van der Waals surface area contributed by atoms with E-state index >= 15 is 0 Å². The van der Waals surface area contributed by atoms with Crippen LogP contribution in [0.5, 0.6) is 11.5 Å². The standard InChI is InChI=1S/C21H20ClNO/c1-16(20-9-5-6-10-21(20)22)23-15-17-11-13-19(14-12-17)24-18-7-3-2-4-8-18/h2-14,16,23H,15H2,1H3. The number of hydrogen-bond acceptors (Lipinski definition) is 2. The molecule has 0 bridgehead atoms. The zero-order chi connectivity index (χ0) is 16.8. The lowest BCUT2D eigenvalue weighted by Crippen LogP contribution is -2.18. The quantitative estimate of drug-likeness (QED) is 0.597. The van der Waals surface area contributed by atoms with E-state index in [1.54, 1.807) is 0 Å². The van der Waals surface area contributed by atoms with Gasteiger partial charge in [0.2, 0.25) is 0 Å². The molecule has 0 spiro atoms. The molecule has 0 amide bonds. The fourth-order valence-electron chi connectivity index (χ4n) is 2.51. The fourth-order valence-corrected chi connectivity index (χ4v) is 2.81. The summed E-state index contributed by atoms with van der Waals surface area (Å²) in [4.78, 5) is 0. The number of nitrogens with one attached hydrogen (secondary N) is 1. The van der Waals surface area contributed by atoms with Crippen LogP contribution >= 0.6 is 11.6 Å². The van der Waals surface area contributed by atoms with Gasteiger partial charge in [0, 0.05) is 17.6 Å². The molecular formula is C21H20ClNO. The summed E-state index contributed by atoms with van der Waals surface area (Å²) in [7, 11) is 0. The highest BCUT2D eigenvalue weighted by molar-refractivity contribution is 6.31. The Morgan fingerprint density at radius 2 is 1.46 bits per heavy atom. The van der Waals surface area contributed by atoms with Gasteiger partial charge in [0.05, 0.1) is 0 Å². The second-order valence-electron chi connectivity index (χ2n) is 5.68. The normalized spacial score (nSPS) is 11.9. The van der Waals surface area contributed by atoms with E-state index in [9.17, 15) is 0 Å². The summed E-state index contributed by atoms with van der Waals surface area (Å²) < 4.78 is 5.81. The Labute approximate surface area is 148 Å². The summed E-state index contributed by atoms with van der Waals surface area (Å²) in [6.45, 7) is 2.89. The van der Waals surface area contributed by atoms with Gasteiger partial charge in [-0.3, -0.25) is 0 Å². The van der Waals surface area contributed by atoms with E-state index in [0.29, 0.717) is 0 Å². The summed E-state index contributed by atoms with van der Waals surface area (Å²) in [5.41, 5.74) is 2.32. The van der Waals surface area contributed by atoms with Gasteiger partial charge < -0.3 is 10.1 Å². The van der Waals surface area contributed by atoms with Gasteiger partial charge in [0.25, 0.3) is 0 Å². The van der Waals surface area contributed by atoms with Crippen molar-refractivity contribution < 1.29 is 4.74 Å². The van der Waals surface area contributed by atoms with Crippen LogP contribution in [-0.2, 0) is 6.54 Å². The first kappa shape index (κ1) is 16.6. The molecule has 0 aliphatic heterocycles. The van der Waals surface area contributed by atoms with E-state index in [-0.39, 0.29) is 6.04 Å². The molecule has 3 aromatic rings. The molecule has 122 valence electrons. The molecule has 1 unspecified atom stereocenters. The van der Waals surface area contributed by atoms with Crippen LogP contribution in [0, 0.1) is 0 Å². The highest BCUT2D eigenvalue weighted by Gasteiger charge is 2.08. The number of halogens is 1. The van der Waals surface area contributed by atoms with E-state index in [1.165, 1.54) is 5.56 Å².